The highest BCUT2D eigenvalue weighted by Crippen LogP contribution is 2.56. The Morgan fingerprint density at radius 1 is 0.756 bits per heavy atom. The molecule has 0 fully saturated rings. The molecule has 198 valence electrons. The molecular formula is C37H31N3O+2. The van der Waals surface area contributed by atoms with E-state index in [1.54, 1.807) is 0 Å². The Labute approximate surface area is 239 Å². The van der Waals surface area contributed by atoms with Gasteiger partial charge in [-0.3, -0.25) is 0 Å². The number of ether oxygens (including phenoxy) is 1. The Kier molecular flexibility index (Phi) is 4.12. The van der Waals surface area contributed by atoms with Gasteiger partial charge in [0.2, 0.25) is 11.2 Å². The summed E-state index contributed by atoms with van der Waals surface area (Å²) in [4.78, 5) is 0. The van der Waals surface area contributed by atoms with Gasteiger partial charge in [-0.1, -0.05) is 63.2 Å². The van der Waals surface area contributed by atoms with Crippen LogP contribution in [0, 0.1) is 13.8 Å². The topological polar surface area (TPSA) is 21.9 Å². The van der Waals surface area contributed by atoms with Crippen molar-refractivity contribution >= 4 is 11.0 Å². The highest BCUT2D eigenvalue weighted by Gasteiger charge is 2.69. The molecule has 1 atom stereocenters. The van der Waals surface area contributed by atoms with E-state index < -0.39 is 5.54 Å². The van der Waals surface area contributed by atoms with Crippen LogP contribution in [0.3, 0.4) is 0 Å². The minimum absolute atomic E-state index is 0.0511. The van der Waals surface area contributed by atoms with Gasteiger partial charge in [0, 0.05) is 12.1 Å². The van der Waals surface area contributed by atoms with Crippen molar-refractivity contribution in [3.63, 3.8) is 0 Å². The van der Waals surface area contributed by atoms with Gasteiger partial charge < -0.3 is 4.74 Å². The first-order valence-electron chi connectivity index (χ1n) is 14.5. The molecule has 2 aromatic heterocycles. The molecule has 0 N–H and O–H groups in total. The highest BCUT2D eigenvalue weighted by atomic mass is 16.5. The first kappa shape index (κ1) is 23.0. The lowest BCUT2D eigenvalue weighted by Crippen LogP contribution is -2.57. The number of rotatable bonds is 1. The zero-order valence-electron chi connectivity index (χ0n) is 24.0. The van der Waals surface area contributed by atoms with E-state index in [0.29, 0.717) is 0 Å². The number of para-hydroxylation sites is 2. The summed E-state index contributed by atoms with van der Waals surface area (Å²) in [5, 5.41) is 0. The Morgan fingerprint density at radius 2 is 1.51 bits per heavy atom. The summed E-state index contributed by atoms with van der Waals surface area (Å²) < 4.78 is 14.4. The monoisotopic (exact) mass is 533 g/mol. The van der Waals surface area contributed by atoms with Crippen LogP contribution in [0.15, 0.2) is 97.2 Å². The smallest absolute Gasteiger partial charge is 0.352 e. The van der Waals surface area contributed by atoms with Crippen molar-refractivity contribution in [1.82, 2.24) is 4.57 Å². The molecule has 0 amide bonds. The minimum atomic E-state index is -0.586. The largest absolute Gasteiger partial charge is 0.448 e. The number of hydrogen-bond donors (Lipinski definition) is 0. The van der Waals surface area contributed by atoms with Gasteiger partial charge in [-0.05, 0) is 72.4 Å². The molecule has 5 heterocycles. The van der Waals surface area contributed by atoms with Crippen LogP contribution in [0.4, 0.5) is 0 Å². The lowest BCUT2D eigenvalue weighted by atomic mass is 9.79. The van der Waals surface area contributed by atoms with Crippen LogP contribution in [0.25, 0.3) is 33.7 Å². The number of fused-ring (bicyclic) bond motifs is 7. The molecule has 1 spiro atoms. The Bertz CT molecular complexity index is 2080. The van der Waals surface area contributed by atoms with Crippen molar-refractivity contribution in [3.8, 4) is 34.1 Å². The lowest BCUT2D eigenvalue weighted by molar-refractivity contribution is -0.733. The van der Waals surface area contributed by atoms with E-state index >= 15 is 0 Å². The molecule has 0 saturated carbocycles. The third kappa shape index (κ3) is 2.57. The Morgan fingerprint density at radius 3 is 2.32 bits per heavy atom. The average molecular weight is 534 g/mol. The van der Waals surface area contributed by atoms with E-state index in [9.17, 15) is 0 Å². The first-order valence-corrected chi connectivity index (χ1v) is 14.5. The van der Waals surface area contributed by atoms with Crippen LogP contribution in [0.2, 0.25) is 0 Å². The number of imidazole rings is 1. The minimum Gasteiger partial charge on any atom is -0.448 e. The molecule has 9 rings (SSSR count). The molecule has 4 aromatic carbocycles. The normalized spacial score (nSPS) is 17.2. The maximum absolute atomic E-state index is 6.84. The summed E-state index contributed by atoms with van der Waals surface area (Å²) in [7, 11) is 0. The van der Waals surface area contributed by atoms with Gasteiger partial charge in [-0.25, -0.2) is 0 Å². The van der Waals surface area contributed by atoms with Gasteiger partial charge in [-0.2, -0.15) is 13.7 Å². The SMILES string of the molecule is Cc1cccc(C)c1-n1c2[n+]3c4c(cccc41)Oc1cc(C(C)(C)C)cc(c1-3)C21c2ccccc2-c2cccc[n+]21. The van der Waals surface area contributed by atoms with Crippen LogP contribution in [0.5, 0.6) is 11.5 Å². The third-order valence-corrected chi connectivity index (χ3v) is 9.44. The number of aromatic nitrogens is 3. The van der Waals surface area contributed by atoms with E-state index in [1.165, 1.54) is 50.6 Å². The summed E-state index contributed by atoms with van der Waals surface area (Å²) in [6.45, 7) is 11.3. The maximum Gasteiger partial charge on any atom is 0.352 e. The van der Waals surface area contributed by atoms with E-state index in [0.717, 1.165) is 28.2 Å². The summed E-state index contributed by atoms with van der Waals surface area (Å²) >= 11 is 0. The number of aryl methyl sites for hydroxylation is 2. The van der Waals surface area contributed by atoms with Crippen LogP contribution in [0.1, 0.15) is 54.4 Å². The van der Waals surface area contributed by atoms with Gasteiger partial charge >= 0.3 is 11.4 Å². The first-order chi connectivity index (χ1) is 19.8. The molecule has 4 nitrogen and oxygen atoms in total. The van der Waals surface area contributed by atoms with Gasteiger partial charge in [0.15, 0.2) is 28.9 Å². The van der Waals surface area contributed by atoms with Crippen molar-refractivity contribution in [3.05, 3.63) is 131 Å². The highest BCUT2D eigenvalue weighted by molar-refractivity contribution is 5.87. The van der Waals surface area contributed by atoms with E-state index in [1.807, 2.05) is 0 Å². The van der Waals surface area contributed by atoms with E-state index in [-0.39, 0.29) is 5.41 Å². The lowest BCUT2D eigenvalue weighted by Gasteiger charge is -2.25. The van der Waals surface area contributed by atoms with Crippen LogP contribution < -0.4 is 13.9 Å². The van der Waals surface area contributed by atoms with Crippen LogP contribution in [-0.4, -0.2) is 4.57 Å². The fraction of sp³-hybridized carbons (Fsp3) is 0.189. The second kappa shape index (κ2) is 7.32. The molecule has 0 radical (unpaired) electrons. The van der Waals surface area contributed by atoms with Crippen molar-refractivity contribution in [1.29, 1.82) is 0 Å². The van der Waals surface area contributed by atoms with E-state index in [4.69, 9.17) is 4.74 Å². The van der Waals surface area contributed by atoms with E-state index in [2.05, 4.69) is 146 Å². The molecule has 3 aliphatic heterocycles. The second-order valence-electron chi connectivity index (χ2n) is 12.8. The number of pyridine rings is 1. The average Bonchev–Trinajstić information content (AvgIpc) is 3.56. The fourth-order valence-corrected chi connectivity index (χ4v) is 7.72. The molecular weight excluding hydrogens is 502 g/mol. The van der Waals surface area contributed by atoms with Crippen LogP contribution in [-0.2, 0) is 11.0 Å². The molecule has 0 saturated heterocycles. The van der Waals surface area contributed by atoms with Crippen molar-refractivity contribution in [2.45, 2.75) is 45.6 Å². The molecule has 6 aromatic rings. The van der Waals surface area contributed by atoms with Crippen LogP contribution >= 0.6 is 0 Å². The van der Waals surface area contributed by atoms with Gasteiger partial charge in [-0.15, -0.1) is 0 Å². The summed E-state index contributed by atoms with van der Waals surface area (Å²) in [6.07, 6.45) is 2.27. The quantitative estimate of drug-likeness (QED) is 0.202. The number of benzene rings is 4. The Hall–Kier alpha value is -4.70. The van der Waals surface area contributed by atoms with Crippen molar-refractivity contribution in [2.75, 3.05) is 0 Å². The predicted octanol–water partition coefficient (Wildman–Crippen LogP) is 7.35. The van der Waals surface area contributed by atoms with Gasteiger partial charge in [0.1, 0.15) is 5.69 Å². The molecule has 41 heavy (non-hydrogen) atoms. The number of hydrogen-bond acceptors (Lipinski definition) is 1. The number of nitrogens with zero attached hydrogens (tertiary/aromatic N) is 3. The standard InChI is InChI=1S/C37H31N3O/c1-22-12-10-13-23(2)32(22)39-29-17-11-18-30-34(29)40-33-27(20-24(36(3,4)5)21-31(33)41-30)37(35(39)40)26-15-7-6-14-25(26)28-16-8-9-19-38(28)37/h6-21H,1-5H3/q+2. The summed E-state index contributed by atoms with van der Waals surface area (Å²) in [5.74, 6) is 3.06. The summed E-state index contributed by atoms with van der Waals surface area (Å²) in [6, 6.07) is 33.4. The van der Waals surface area contributed by atoms with Gasteiger partial charge in [0.05, 0.1) is 16.7 Å². The molecule has 0 bridgehead atoms. The molecule has 0 aliphatic carbocycles. The Balaban J connectivity index is 1.59. The van der Waals surface area contributed by atoms with Gasteiger partial charge in [0.25, 0.3) is 0 Å². The van der Waals surface area contributed by atoms with Crippen molar-refractivity contribution < 1.29 is 13.9 Å². The molecule has 4 heteroatoms. The third-order valence-electron chi connectivity index (χ3n) is 9.44. The maximum atomic E-state index is 6.84. The second-order valence-corrected chi connectivity index (χ2v) is 12.8. The zero-order chi connectivity index (χ0) is 27.8. The molecule has 1 unspecified atom stereocenters. The predicted molar refractivity (Wildman–Crippen MR) is 160 cm³/mol. The zero-order valence-corrected chi connectivity index (χ0v) is 24.0. The molecule has 3 aliphatic rings. The fourth-order valence-electron chi connectivity index (χ4n) is 7.72. The van der Waals surface area contributed by atoms with Crippen molar-refractivity contribution in [2.24, 2.45) is 0 Å². The summed E-state index contributed by atoms with van der Waals surface area (Å²) in [5.41, 5.74) is 12.9.